The average Bonchev–Trinajstić information content (AvgIpc) is 3.23. The van der Waals surface area contributed by atoms with Gasteiger partial charge in [-0.3, -0.25) is 4.79 Å². The molecule has 1 aromatic carbocycles. The number of ether oxygens (including phenoxy) is 1. The van der Waals surface area contributed by atoms with Crippen molar-refractivity contribution < 1.29 is 14.3 Å². The highest BCUT2D eigenvalue weighted by Crippen LogP contribution is 2.25. The van der Waals surface area contributed by atoms with E-state index in [9.17, 15) is 9.59 Å². The summed E-state index contributed by atoms with van der Waals surface area (Å²) in [6.07, 6.45) is 0. The number of Topliss-reactive ketones (excluding diaryl/α,β-unsaturated/α-hetero) is 1. The summed E-state index contributed by atoms with van der Waals surface area (Å²) in [6, 6.07) is 5.99. The molecule has 0 unspecified atom stereocenters. The molecule has 0 fully saturated rings. The molecule has 3 aromatic rings. The zero-order valence-corrected chi connectivity index (χ0v) is 17.9. The number of esters is 1. The monoisotopic (exact) mass is 413 g/mol. The van der Waals surface area contributed by atoms with E-state index in [2.05, 4.69) is 20.5 Å². The number of H-pyrrole nitrogens is 1. The predicted molar refractivity (Wildman–Crippen MR) is 110 cm³/mol. The summed E-state index contributed by atoms with van der Waals surface area (Å²) in [5.41, 5.74) is 4.96. The Kier molecular flexibility index (Phi) is 6.17. The number of hydrogen-bond donors (Lipinski definition) is 1. The van der Waals surface area contributed by atoms with Crippen molar-refractivity contribution >= 4 is 23.5 Å². The summed E-state index contributed by atoms with van der Waals surface area (Å²) < 4.78 is 6.73. The molecule has 2 aromatic heterocycles. The van der Waals surface area contributed by atoms with Gasteiger partial charge in [0.25, 0.3) is 0 Å². The molecule has 0 bridgehead atoms. The van der Waals surface area contributed by atoms with Gasteiger partial charge >= 0.3 is 5.97 Å². The Morgan fingerprint density at radius 1 is 1.14 bits per heavy atom. The van der Waals surface area contributed by atoms with Crippen LogP contribution in [-0.4, -0.2) is 49.3 Å². The fourth-order valence-electron chi connectivity index (χ4n) is 3.25. The first kappa shape index (κ1) is 20.8. The van der Waals surface area contributed by atoms with Crippen molar-refractivity contribution in [2.24, 2.45) is 0 Å². The van der Waals surface area contributed by atoms with Crippen LogP contribution in [0.4, 0.5) is 0 Å². The second-order valence-electron chi connectivity index (χ2n) is 6.72. The molecule has 0 radical (unpaired) electrons. The Morgan fingerprint density at radius 3 is 2.55 bits per heavy atom. The molecular weight excluding hydrogens is 390 g/mol. The summed E-state index contributed by atoms with van der Waals surface area (Å²) >= 11 is 1.23. The van der Waals surface area contributed by atoms with Gasteiger partial charge in [0.1, 0.15) is 0 Å². The number of thioether (sulfide) groups is 1. The molecule has 29 heavy (non-hydrogen) atoms. The number of nitrogens with one attached hydrogen (secondary N) is 1. The fourth-order valence-corrected chi connectivity index (χ4v) is 4.01. The Hall–Kier alpha value is -2.94. The van der Waals surface area contributed by atoms with Gasteiger partial charge in [-0.25, -0.2) is 4.79 Å². The minimum absolute atomic E-state index is 0.0931. The lowest BCUT2D eigenvalue weighted by molar-refractivity contribution is 0.0522. The second kappa shape index (κ2) is 8.60. The molecule has 152 valence electrons. The first-order valence-electron chi connectivity index (χ1n) is 9.21. The molecule has 0 saturated heterocycles. The van der Waals surface area contributed by atoms with Gasteiger partial charge in [0.15, 0.2) is 5.78 Å². The number of tetrazole rings is 1. The van der Waals surface area contributed by atoms with Gasteiger partial charge in [-0.1, -0.05) is 29.5 Å². The van der Waals surface area contributed by atoms with Gasteiger partial charge < -0.3 is 9.72 Å². The largest absolute Gasteiger partial charge is 0.462 e. The van der Waals surface area contributed by atoms with E-state index in [-0.39, 0.29) is 18.1 Å². The standard InChI is InChI=1S/C20H23N5O3S/c1-6-28-19(27)18-14(5)21-13(4)17(18)16(26)10-29-20-22-23-24-25(20)15-8-7-11(2)9-12(15)3/h7-9,21H,6,10H2,1-5H3. The maximum atomic E-state index is 12.9. The third-order valence-electron chi connectivity index (χ3n) is 4.49. The van der Waals surface area contributed by atoms with Crippen molar-refractivity contribution in [1.29, 1.82) is 0 Å². The zero-order chi connectivity index (χ0) is 21.1. The molecule has 0 aliphatic rings. The lowest BCUT2D eigenvalue weighted by atomic mass is 10.1. The number of aryl methyl sites for hydroxylation is 4. The van der Waals surface area contributed by atoms with Gasteiger partial charge in [0, 0.05) is 11.4 Å². The van der Waals surface area contributed by atoms with Crippen molar-refractivity contribution in [3.05, 3.63) is 51.8 Å². The van der Waals surface area contributed by atoms with E-state index < -0.39 is 5.97 Å². The summed E-state index contributed by atoms with van der Waals surface area (Å²) in [7, 11) is 0. The van der Waals surface area contributed by atoms with Crippen LogP contribution in [-0.2, 0) is 4.74 Å². The number of aromatic amines is 1. The van der Waals surface area contributed by atoms with Gasteiger partial charge in [-0.15, -0.1) is 5.10 Å². The number of rotatable bonds is 7. The number of hydrogen-bond acceptors (Lipinski definition) is 7. The molecule has 0 aliphatic heterocycles. The van der Waals surface area contributed by atoms with Crippen LogP contribution < -0.4 is 0 Å². The van der Waals surface area contributed by atoms with Crippen molar-refractivity contribution in [2.45, 2.75) is 39.8 Å². The fraction of sp³-hybridized carbons (Fsp3) is 0.350. The third kappa shape index (κ3) is 4.24. The van der Waals surface area contributed by atoms with E-state index in [1.54, 1.807) is 25.5 Å². The van der Waals surface area contributed by atoms with Crippen molar-refractivity contribution in [3.63, 3.8) is 0 Å². The third-order valence-corrected chi connectivity index (χ3v) is 5.41. The van der Waals surface area contributed by atoms with E-state index in [4.69, 9.17) is 4.74 Å². The molecule has 0 atom stereocenters. The molecule has 0 amide bonds. The SMILES string of the molecule is CCOC(=O)c1c(C)[nH]c(C)c1C(=O)CSc1nnnn1-c1ccc(C)cc1C. The van der Waals surface area contributed by atoms with Crippen molar-refractivity contribution in [3.8, 4) is 5.69 Å². The van der Waals surface area contributed by atoms with Gasteiger partial charge in [0.2, 0.25) is 5.16 Å². The number of benzene rings is 1. The van der Waals surface area contributed by atoms with Crippen LogP contribution in [0.3, 0.4) is 0 Å². The first-order valence-corrected chi connectivity index (χ1v) is 10.2. The topological polar surface area (TPSA) is 103 Å². The van der Waals surface area contributed by atoms with Crippen LogP contribution in [0.25, 0.3) is 5.69 Å². The molecule has 0 spiro atoms. The first-order chi connectivity index (χ1) is 13.8. The molecule has 1 N–H and O–H groups in total. The van der Waals surface area contributed by atoms with Crippen LogP contribution in [0, 0.1) is 27.7 Å². The summed E-state index contributed by atoms with van der Waals surface area (Å²) in [5.74, 6) is -0.589. The zero-order valence-electron chi connectivity index (χ0n) is 17.1. The highest BCUT2D eigenvalue weighted by Gasteiger charge is 2.26. The van der Waals surface area contributed by atoms with Gasteiger partial charge in [-0.05, 0) is 56.7 Å². The lowest BCUT2D eigenvalue weighted by Crippen LogP contribution is -2.13. The maximum absolute atomic E-state index is 12.9. The lowest BCUT2D eigenvalue weighted by Gasteiger charge is -2.08. The number of aromatic nitrogens is 5. The van der Waals surface area contributed by atoms with Crippen LogP contribution in [0.5, 0.6) is 0 Å². The van der Waals surface area contributed by atoms with Gasteiger partial charge in [0.05, 0.1) is 29.2 Å². The molecule has 0 saturated carbocycles. The van der Waals surface area contributed by atoms with Crippen molar-refractivity contribution in [2.75, 3.05) is 12.4 Å². The molecule has 0 aliphatic carbocycles. The molecular formula is C20H23N5O3S. The van der Waals surface area contributed by atoms with E-state index in [0.717, 1.165) is 16.8 Å². The predicted octanol–water partition coefficient (Wildman–Crippen LogP) is 3.38. The number of carbonyl (C=O) groups excluding carboxylic acids is 2. The Balaban J connectivity index is 1.83. The minimum atomic E-state index is -0.497. The molecule has 8 nitrogen and oxygen atoms in total. The Bertz CT molecular complexity index is 1070. The highest BCUT2D eigenvalue weighted by atomic mass is 32.2. The highest BCUT2D eigenvalue weighted by molar-refractivity contribution is 7.99. The number of ketones is 1. The quantitative estimate of drug-likeness (QED) is 0.360. The van der Waals surface area contributed by atoms with Gasteiger partial charge in [-0.2, -0.15) is 4.68 Å². The van der Waals surface area contributed by atoms with Crippen LogP contribution in [0.2, 0.25) is 0 Å². The molecule has 2 heterocycles. The summed E-state index contributed by atoms with van der Waals surface area (Å²) in [6.45, 7) is 9.51. The second-order valence-corrected chi connectivity index (χ2v) is 7.66. The van der Waals surface area contributed by atoms with Crippen LogP contribution in [0.15, 0.2) is 23.4 Å². The summed E-state index contributed by atoms with van der Waals surface area (Å²) in [5, 5.41) is 12.4. The summed E-state index contributed by atoms with van der Waals surface area (Å²) in [4.78, 5) is 28.3. The Morgan fingerprint density at radius 2 is 1.86 bits per heavy atom. The minimum Gasteiger partial charge on any atom is -0.462 e. The maximum Gasteiger partial charge on any atom is 0.340 e. The molecule has 3 rings (SSSR count). The molecule has 9 heteroatoms. The normalized spacial score (nSPS) is 10.9. The Labute approximate surface area is 173 Å². The average molecular weight is 414 g/mol. The number of nitrogens with zero attached hydrogens (tertiary/aromatic N) is 4. The van der Waals surface area contributed by atoms with E-state index in [1.165, 1.54) is 11.8 Å². The van der Waals surface area contributed by atoms with Crippen LogP contribution >= 0.6 is 11.8 Å². The van der Waals surface area contributed by atoms with Crippen molar-refractivity contribution in [1.82, 2.24) is 25.2 Å². The smallest absolute Gasteiger partial charge is 0.340 e. The van der Waals surface area contributed by atoms with E-state index in [1.807, 2.05) is 32.0 Å². The van der Waals surface area contributed by atoms with E-state index >= 15 is 0 Å². The van der Waals surface area contributed by atoms with E-state index in [0.29, 0.717) is 27.7 Å². The van der Waals surface area contributed by atoms with Crippen LogP contribution in [0.1, 0.15) is 50.2 Å². The number of carbonyl (C=O) groups is 2.